The normalized spacial score (nSPS) is 40.8. The highest BCUT2D eigenvalue weighted by molar-refractivity contribution is 5.86. The van der Waals surface area contributed by atoms with E-state index < -0.39 is 11.9 Å². The first-order valence-electron chi connectivity index (χ1n) is 6.52. The molecule has 2 aliphatic carbocycles. The van der Waals surface area contributed by atoms with E-state index in [9.17, 15) is 14.7 Å². The number of hydrogen-bond donors (Lipinski definition) is 1. The predicted octanol–water partition coefficient (Wildman–Crippen LogP) is 2.88. The van der Waals surface area contributed by atoms with Gasteiger partial charge in [0, 0.05) is 12.8 Å². The highest BCUT2D eigenvalue weighted by Gasteiger charge is 2.56. The number of carbonyl (C=O) groups is 2. The number of fused-ring (bicyclic) bond motifs is 1. The summed E-state index contributed by atoms with van der Waals surface area (Å²) in [5.74, 6) is -0.905. The van der Waals surface area contributed by atoms with Crippen molar-refractivity contribution in [2.75, 3.05) is 0 Å². The van der Waals surface area contributed by atoms with Gasteiger partial charge in [-0.25, -0.2) is 0 Å². The van der Waals surface area contributed by atoms with Gasteiger partial charge in [0.15, 0.2) is 0 Å². The molecule has 3 heteroatoms. The maximum Gasteiger partial charge on any atom is 0.307 e. The van der Waals surface area contributed by atoms with Crippen molar-refractivity contribution in [3.05, 3.63) is 0 Å². The molecule has 2 saturated carbocycles. The van der Waals surface area contributed by atoms with E-state index in [4.69, 9.17) is 0 Å². The van der Waals surface area contributed by atoms with E-state index in [1.165, 1.54) is 0 Å². The molecule has 0 spiro atoms. The smallest absolute Gasteiger partial charge is 0.307 e. The van der Waals surface area contributed by atoms with E-state index in [-0.39, 0.29) is 29.0 Å². The van der Waals surface area contributed by atoms with Gasteiger partial charge in [0.1, 0.15) is 5.78 Å². The second-order valence-electron chi connectivity index (χ2n) is 6.74. The molecule has 0 heterocycles. The summed E-state index contributed by atoms with van der Waals surface area (Å²) < 4.78 is 0. The van der Waals surface area contributed by atoms with Gasteiger partial charge < -0.3 is 5.11 Å². The molecule has 1 N–H and O–H groups in total. The molecule has 0 aromatic heterocycles. The zero-order chi connectivity index (χ0) is 12.8. The number of carbonyl (C=O) groups excluding carboxylic acids is 1. The van der Waals surface area contributed by atoms with E-state index in [1.54, 1.807) is 0 Å². The molecule has 3 nitrogen and oxygen atoms in total. The van der Waals surface area contributed by atoms with Gasteiger partial charge in [-0.15, -0.1) is 0 Å². The molecule has 0 aliphatic heterocycles. The van der Waals surface area contributed by atoms with Gasteiger partial charge >= 0.3 is 5.97 Å². The predicted molar refractivity (Wildman–Crippen MR) is 64.6 cm³/mol. The zero-order valence-electron chi connectivity index (χ0n) is 11.0. The number of carboxylic acids is 1. The Morgan fingerprint density at radius 3 is 2.47 bits per heavy atom. The molecule has 0 aromatic carbocycles. The summed E-state index contributed by atoms with van der Waals surface area (Å²) in [6.07, 6.45) is 3.95. The summed E-state index contributed by atoms with van der Waals surface area (Å²) in [7, 11) is 0. The molecule has 3 atom stereocenters. The van der Waals surface area contributed by atoms with Crippen LogP contribution in [0.1, 0.15) is 52.9 Å². The minimum atomic E-state index is -0.789. The van der Waals surface area contributed by atoms with Crippen molar-refractivity contribution in [3.63, 3.8) is 0 Å². The van der Waals surface area contributed by atoms with Crippen molar-refractivity contribution in [2.45, 2.75) is 52.9 Å². The summed E-state index contributed by atoms with van der Waals surface area (Å²) in [5, 5.41) is 9.38. The van der Waals surface area contributed by atoms with Gasteiger partial charge in [-0.2, -0.15) is 0 Å². The second-order valence-corrected chi connectivity index (χ2v) is 6.74. The molecular formula is C14H22O3. The molecule has 0 unspecified atom stereocenters. The average molecular weight is 238 g/mol. The minimum Gasteiger partial charge on any atom is -0.481 e. The lowest BCUT2D eigenvalue weighted by Gasteiger charge is -2.55. The van der Waals surface area contributed by atoms with E-state index in [0.29, 0.717) is 6.42 Å². The molecular weight excluding hydrogens is 216 g/mol. The highest BCUT2D eigenvalue weighted by Crippen LogP contribution is 2.59. The van der Waals surface area contributed by atoms with E-state index in [1.807, 2.05) is 0 Å². The second kappa shape index (κ2) is 3.82. The Morgan fingerprint density at radius 1 is 1.24 bits per heavy atom. The molecule has 2 fully saturated rings. The van der Waals surface area contributed by atoms with Crippen LogP contribution >= 0.6 is 0 Å². The van der Waals surface area contributed by atoms with E-state index >= 15 is 0 Å². The van der Waals surface area contributed by atoms with Gasteiger partial charge in [-0.3, -0.25) is 9.59 Å². The van der Waals surface area contributed by atoms with E-state index in [2.05, 4.69) is 20.8 Å². The third-order valence-corrected chi connectivity index (χ3v) is 5.23. The highest BCUT2D eigenvalue weighted by atomic mass is 16.4. The number of ketones is 1. The van der Waals surface area contributed by atoms with Crippen LogP contribution in [0.15, 0.2) is 0 Å². The van der Waals surface area contributed by atoms with Gasteiger partial charge in [-0.1, -0.05) is 27.2 Å². The topological polar surface area (TPSA) is 54.4 Å². The van der Waals surface area contributed by atoms with Crippen LogP contribution in [0.4, 0.5) is 0 Å². The van der Waals surface area contributed by atoms with Crippen LogP contribution in [-0.2, 0) is 9.59 Å². The molecule has 0 aromatic rings. The number of hydrogen-bond acceptors (Lipinski definition) is 2. The lowest BCUT2D eigenvalue weighted by Crippen LogP contribution is -2.53. The Labute approximate surface area is 103 Å². The van der Waals surface area contributed by atoms with Crippen molar-refractivity contribution in [2.24, 2.45) is 22.7 Å². The van der Waals surface area contributed by atoms with Crippen molar-refractivity contribution in [3.8, 4) is 0 Å². The van der Waals surface area contributed by atoms with Crippen molar-refractivity contribution in [1.82, 2.24) is 0 Å². The van der Waals surface area contributed by atoms with Crippen LogP contribution in [0.2, 0.25) is 0 Å². The lowest BCUT2D eigenvalue weighted by atomic mass is 9.48. The van der Waals surface area contributed by atoms with Crippen molar-refractivity contribution in [1.29, 1.82) is 0 Å². The van der Waals surface area contributed by atoms with Crippen LogP contribution in [-0.4, -0.2) is 16.9 Å². The summed E-state index contributed by atoms with van der Waals surface area (Å²) in [4.78, 5) is 23.2. The fourth-order valence-electron chi connectivity index (χ4n) is 4.23. The first-order valence-corrected chi connectivity index (χ1v) is 6.52. The summed E-state index contributed by atoms with van der Waals surface area (Å²) >= 11 is 0. The molecule has 96 valence electrons. The lowest BCUT2D eigenvalue weighted by molar-refractivity contribution is -0.163. The maximum atomic E-state index is 11.8. The van der Waals surface area contributed by atoms with Gasteiger partial charge in [-0.05, 0) is 29.6 Å². The Morgan fingerprint density at radius 2 is 1.88 bits per heavy atom. The summed E-state index contributed by atoms with van der Waals surface area (Å²) in [6, 6.07) is 0. The van der Waals surface area contributed by atoms with E-state index in [0.717, 1.165) is 19.3 Å². The fourth-order valence-corrected chi connectivity index (χ4v) is 4.23. The van der Waals surface area contributed by atoms with Crippen LogP contribution < -0.4 is 0 Å². The first kappa shape index (κ1) is 12.6. The van der Waals surface area contributed by atoms with Gasteiger partial charge in [0.2, 0.25) is 0 Å². The fraction of sp³-hybridized carbons (Fsp3) is 0.857. The number of carboxylic acid groups (broad SMARTS) is 1. The third kappa shape index (κ3) is 1.90. The SMILES string of the molecule is CC1(C)CCC[C@]2(C)[C@@H](C(=O)O)CC(=O)C[C@@H]12. The first-order chi connectivity index (χ1) is 7.77. The van der Waals surface area contributed by atoms with Crippen molar-refractivity contribution < 1.29 is 14.7 Å². The average Bonchev–Trinajstić information content (AvgIpc) is 2.19. The molecule has 0 bridgehead atoms. The largest absolute Gasteiger partial charge is 0.481 e. The van der Waals surface area contributed by atoms with Crippen LogP contribution in [0, 0.1) is 22.7 Å². The molecule has 0 saturated heterocycles. The van der Waals surface area contributed by atoms with Gasteiger partial charge in [0.25, 0.3) is 0 Å². The summed E-state index contributed by atoms with van der Waals surface area (Å²) in [6.45, 7) is 6.46. The quantitative estimate of drug-likeness (QED) is 0.764. The molecule has 0 radical (unpaired) electrons. The maximum absolute atomic E-state index is 11.8. The Kier molecular flexibility index (Phi) is 2.83. The molecule has 2 rings (SSSR count). The van der Waals surface area contributed by atoms with Crippen LogP contribution in [0.5, 0.6) is 0 Å². The van der Waals surface area contributed by atoms with Crippen molar-refractivity contribution >= 4 is 11.8 Å². The standard InChI is InChI=1S/C14H22O3/c1-13(2)5-4-6-14(3)10(12(16)17)7-9(15)8-11(13)14/h10-11H,4-8H2,1-3H3,(H,16,17)/t10-,11+,14-/m1/s1. The van der Waals surface area contributed by atoms with Gasteiger partial charge in [0.05, 0.1) is 5.92 Å². The summed E-state index contributed by atoms with van der Waals surface area (Å²) in [5.41, 5.74) is -0.0989. The Hall–Kier alpha value is -0.860. The number of rotatable bonds is 1. The van der Waals surface area contributed by atoms with Crippen LogP contribution in [0.25, 0.3) is 0 Å². The van der Waals surface area contributed by atoms with Crippen LogP contribution in [0.3, 0.4) is 0 Å². The Balaban J connectivity index is 2.40. The number of aliphatic carboxylic acids is 1. The molecule has 17 heavy (non-hydrogen) atoms. The zero-order valence-corrected chi connectivity index (χ0v) is 11.0. The minimum absolute atomic E-state index is 0.0940. The molecule has 2 aliphatic rings. The number of Topliss-reactive ketones (excluding diaryl/α,β-unsaturated/α-hetero) is 1. The molecule has 0 amide bonds. The monoisotopic (exact) mass is 238 g/mol. The Bertz CT molecular complexity index is 358. The third-order valence-electron chi connectivity index (χ3n) is 5.23.